The van der Waals surface area contributed by atoms with Crippen molar-refractivity contribution in [3.05, 3.63) is 12.0 Å². The van der Waals surface area contributed by atoms with Crippen molar-refractivity contribution in [1.82, 2.24) is 10.2 Å². The fourth-order valence-corrected chi connectivity index (χ4v) is 2.91. The minimum absolute atomic E-state index is 0.470. The molecule has 1 atom stereocenters. The van der Waals surface area contributed by atoms with Gasteiger partial charge in [-0.15, -0.1) is 0 Å². The minimum Gasteiger partial charge on any atom is -0.402 e. The lowest BCUT2D eigenvalue weighted by atomic mass is 10.4. The van der Waals surface area contributed by atoms with E-state index in [1.807, 2.05) is 0 Å². The van der Waals surface area contributed by atoms with Crippen LogP contribution in [0.25, 0.3) is 0 Å². The molecule has 0 radical (unpaired) electrons. The first kappa shape index (κ1) is 9.98. The summed E-state index contributed by atoms with van der Waals surface area (Å²) in [7, 11) is 0. The maximum absolute atomic E-state index is 5.80. The molecule has 0 saturated carbocycles. The SMILES string of the molecule is N/C=C1\NCCN1CC1CN=C(Cl)S1. The molecule has 3 N–H and O–H groups in total. The number of nitrogens with two attached hydrogens (primary N) is 1. The van der Waals surface area contributed by atoms with Gasteiger partial charge in [0.05, 0.1) is 6.54 Å². The normalized spacial score (nSPS) is 29.5. The fraction of sp³-hybridized carbons (Fsp3) is 0.625. The van der Waals surface area contributed by atoms with Crippen LogP contribution >= 0.6 is 23.4 Å². The van der Waals surface area contributed by atoms with E-state index in [1.165, 1.54) is 0 Å². The second-order valence-corrected chi connectivity index (χ2v) is 5.13. The monoisotopic (exact) mass is 232 g/mol. The predicted octanol–water partition coefficient (Wildman–Crippen LogP) is 0.359. The van der Waals surface area contributed by atoms with Crippen molar-refractivity contribution < 1.29 is 0 Å². The Morgan fingerprint density at radius 2 is 2.64 bits per heavy atom. The fourth-order valence-electron chi connectivity index (χ4n) is 1.63. The largest absolute Gasteiger partial charge is 0.402 e. The van der Waals surface area contributed by atoms with Gasteiger partial charge >= 0.3 is 0 Å². The van der Waals surface area contributed by atoms with Crippen molar-refractivity contribution in [1.29, 1.82) is 0 Å². The van der Waals surface area contributed by atoms with Crippen LogP contribution in [-0.4, -0.2) is 40.8 Å². The summed E-state index contributed by atoms with van der Waals surface area (Å²) in [4.78, 5) is 6.40. The van der Waals surface area contributed by atoms with Crippen molar-refractivity contribution in [2.75, 3.05) is 26.2 Å². The van der Waals surface area contributed by atoms with Crippen LogP contribution < -0.4 is 11.1 Å². The van der Waals surface area contributed by atoms with E-state index in [0.717, 1.165) is 32.0 Å². The third-order valence-electron chi connectivity index (χ3n) is 2.29. The third-order valence-corrected chi connectivity index (χ3v) is 3.64. The summed E-state index contributed by atoms with van der Waals surface area (Å²) in [6.07, 6.45) is 1.62. The van der Waals surface area contributed by atoms with Crippen LogP contribution in [0.3, 0.4) is 0 Å². The van der Waals surface area contributed by atoms with E-state index in [4.69, 9.17) is 17.3 Å². The van der Waals surface area contributed by atoms with Gasteiger partial charge in [0.15, 0.2) is 4.50 Å². The molecule has 0 amide bonds. The van der Waals surface area contributed by atoms with Crippen LogP contribution in [0.1, 0.15) is 0 Å². The Morgan fingerprint density at radius 3 is 3.29 bits per heavy atom. The van der Waals surface area contributed by atoms with Crippen LogP contribution in [0.2, 0.25) is 0 Å². The van der Waals surface area contributed by atoms with E-state index in [1.54, 1.807) is 18.0 Å². The Balaban J connectivity index is 1.86. The number of thioether (sulfide) groups is 1. The first-order valence-electron chi connectivity index (χ1n) is 4.57. The van der Waals surface area contributed by atoms with Crippen molar-refractivity contribution >= 4 is 27.9 Å². The van der Waals surface area contributed by atoms with E-state index in [2.05, 4.69) is 15.2 Å². The molecule has 2 heterocycles. The summed E-state index contributed by atoms with van der Waals surface area (Å²) in [6, 6.07) is 0. The first-order chi connectivity index (χ1) is 6.79. The number of hydrogen-bond acceptors (Lipinski definition) is 5. The highest BCUT2D eigenvalue weighted by Gasteiger charge is 2.24. The minimum atomic E-state index is 0.470. The van der Waals surface area contributed by atoms with E-state index >= 15 is 0 Å². The molecule has 78 valence electrons. The summed E-state index contributed by atoms with van der Waals surface area (Å²) in [6.45, 7) is 3.75. The maximum Gasteiger partial charge on any atom is 0.158 e. The smallest absolute Gasteiger partial charge is 0.158 e. The van der Waals surface area contributed by atoms with Gasteiger partial charge in [0.2, 0.25) is 0 Å². The lowest BCUT2D eigenvalue weighted by Crippen LogP contribution is -2.29. The van der Waals surface area contributed by atoms with Gasteiger partial charge in [-0.3, -0.25) is 4.99 Å². The summed E-state index contributed by atoms with van der Waals surface area (Å²) in [5.74, 6) is 1.02. The molecule has 0 aromatic heterocycles. The molecular weight excluding hydrogens is 220 g/mol. The zero-order chi connectivity index (χ0) is 9.97. The van der Waals surface area contributed by atoms with Crippen LogP contribution in [-0.2, 0) is 0 Å². The lowest BCUT2D eigenvalue weighted by Gasteiger charge is -2.21. The standard InChI is InChI=1S/C8H13ClN4S/c9-8-12-4-6(14-8)5-13-2-1-11-7(13)3-10/h3,6,11H,1-2,4-5,10H2/b7-3+. The molecule has 0 aromatic rings. The van der Waals surface area contributed by atoms with E-state index in [9.17, 15) is 0 Å². The Labute approximate surface area is 92.6 Å². The van der Waals surface area contributed by atoms with Gasteiger partial charge < -0.3 is 16.0 Å². The molecule has 2 aliphatic rings. The van der Waals surface area contributed by atoms with E-state index in [0.29, 0.717) is 9.75 Å². The van der Waals surface area contributed by atoms with Crippen LogP contribution in [0, 0.1) is 0 Å². The second kappa shape index (κ2) is 4.31. The summed E-state index contributed by atoms with van der Waals surface area (Å²) < 4.78 is 0.681. The molecule has 14 heavy (non-hydrogen) atoms. The number of nitrogens with one attached hydrogen (secondary N) is 1. The van der Waals surface area contributed by atoms with Crippen molar-refractivity contribution in [2.45, 2.75) is 5.25 Å². The van der Waals surface area contributed by atoms with E-state index < -0.39 is 0 Å². The average molecular weight is 233 g/mol. The van der Waals surface area contributed by atoms with Crippen LogP contribution in [0.15, 0.2) is 17.0 Å². The molecule has 2 rings (SSSR count). The molecule has 0 spiro atoms. The molecule has 0 aliphatic carbocycles. The first-order valence-corrected chi connectivity index (χ1v) is 5.82. The van der Waals surface area contributed by atoms with Gasteiger partial charge in [-0.05, 0) is 0 Å². The quantitative estimate of drug-likeness (QED) is 0.722. The highest BCUT2D eigenvalue weighted by atomic mass is 35.5. The van der Waals surface area contributed by atoms with Gasteiger partial charge in [0, 0.05) is 31.1 Å². The average Bonchev–Trinajstić information content (AvgIpc) is 2.76. The summed E-state index contributed by atoms with van der Waals surface area (Å²) >= 11 is 7.44. The van der Waals surface area contributed by atoms with Gasteiger partial charge in [-0.1, -0.05) is 23.4 Å². The lowest BCUT2D eigenvalue weighted by molar-refractivity contribution is 0.395. The summed E-state index contributed by atoms with van der Waals surface area (Å²) in [5.41, 5.74) is 5.50. The van der Waals surface area contributed by atoms with Gasteiger partial charge in [-0.2, -0.15) is 0 Å². The molecule has 1 saturated heterocycles. The zero-order valence-electron chi connectivity index (χ0n) is 7.74. The highest BCUT2D eigenvalue weighted by molar-refractivity contribution is 8.17. The van der Waals surface area contributed by atoms with Crippen molar-refractivity contribution in [3.63, 3.8) is 0 Å². The molecule has 4 nitrogen and oxygen atoms in total. The molecule has 6 heteroatoms. The maximum atomic E-state index is 5.80. The highest BCUT2D eigenvalue weighted by Crippen LogP contribution is 2.25. The number of rotatable bonds is 2. The Hall–Kier alpha value is -0.550. The second-order valence-electron chi connectivity index (χ2n) is 3.26. The Kier molecular flexibility index (Phi) is 3.08. The molecule has 1 unspecified atom stereocenters. The van der Waals surface area contributed by atoms with Gasteiger partial charge in [0.1, 0.15) is 5.82 Å². The van der Waals surface area contributed by atoms with Crippen LogP contribution in [0.4, 0.5) is 0 Å². The predicted molar refractivity (Wildman–Crippen MR) is 61.4 cm³/mol. The molecular formula is C8H13ClN4S. The Morgan fingerprint density at radius 1 is 1.79 bits per heavy atom. The van der Waals surface area contributed by atoms with E-state index in [-0.39, 0.29) is 0 Å². The molecule has 0 aromatic carbocycles. The topological polar surface area (TPSA) is 53.6 Å². The van der Waals surface area contributed by atoms with Gasteiger partial charge in [-0.25, -0.2) is 0 Å². The number of halogens is 1. The van der Waals surface area contributed by atoms with Crippen molar-refractivity contribution in [3.8, 4) is 0 Å². The number of nitrogens with zero attached hydrogens (tertiary/aromatic N) is 2. The zero-order valence-corrected chi connectivity index (χ0v) is 9.31. The molecule has 1 fully saturated rings. The Bertz CT molecular complexity index is 279. The molecule has 0 bridgehead atoms. The summed E-state index contributed by atoms with van der Waals surface area (Å²) in [5, 5.41) is 3.69. The van der Waals surface area contributed by atoms with Crippen LogP contribution in [0.5, 0.6) is 0 Å². The van der Waals surface area contributed by atoms with Gasteiger partial charge in [0.25, 0.3) is 0 Å². The molecule has 2 aliphatic heterocycles. The van der Waals surface area contributed by atoms with Crippen molar-refractivity contribution in [2.24, 2.45) is 10.7 Å². The number of aliphatic imine (C=N–C) groups is 1. The number of hydrogen-bond donors (Lipinski definition) is 2. The third kappa shape index (κ3) is 2.09.